The summed E-state index contributed by atoms with van der Waals surface area (Å²) < 4.78 is 5.85. The maximum atomic E-state index is 9.36. The predicted molar refractivity (Wildman–Crippen MR) is 83.1 cm³/mol. The highest BCUT2D eigenvalue weighted by atomic mass is 16.5. The van der Waals surface area contributed by atoms with E-state index >= 15 is 0 Å². The maximum Gasteiger partial charge on any atom is 0.124 e. The average Bonchev–Trinajstić information content (AvgIpc) is 2.45. The number of rotatable bonds is 7. The largest absolute Gasteiger partial charge is 0.493 e. The van der Waals surface area contributed by atoms with Gasteiger partial charge >= 0.3 is 0 Å². The Kier molecular flexibility index (Phi) is 5.39. The summed E-state index contributed by atoms with van der Waals surface area (Å²) in [5, 5.41) is 15.1. The van der Waals surface area contributed by atoms with E-state index in [0.717, 1.165) is 24.3 Å². The number of hydrogen-bond donors (Lipinski definition) is 2. The van der Waals surface area contributed by atoms with Crippen molar-refractivity contribution in [3.05, 3.63) is 42.0 Å². The van der Waals surface area contributed by atoms with Crippen LogP contribution in [0.5, 0.6) is 5.75 Å². The van der Waals surface area contributed by atoms with Gasteiger partial charge in [0.25, 0.3) is 0 Å². The number of nitrogens with one attached hydrogen (secondary N) is 1. The van der Waals surface area contributed by atoms with E-state index in [0.29, 0.717) is 13.1 Å². The third kappa shape index (κ3) is 3.71. The minimum Gasteiger partial charge on any atom is -0.493 e. The van der Waals surface area contributed by atoms with Crippen LogP contribution < -0.4 is 10.1 Å². The molecule has 0 fully saturated rings. The molecule has 0 heterocycles. The highest BCUT2D eigenvalue weighted by molar-refractivity contribution is 5.87. The molecule has 3 nitrogen and oxygen atoms in total. The Labute approximate surface area is 120 Å². The number of fused-ring (bicyclic) bond motifs is 1. The van der Waals surface area contributed by atoms with E-state index in [1.807, 2.05) is 18.2 Å². The molecule has 3 heteroatoms. The molecule has 0 amide bonds. The van der Waals surface area contributed by atoms with Gasteiger partial charge in [-0.1, -0.05) is 37.3 Å². The van der Waals surface area contributed by atoms with Gasteiger partial charge in [-0.05, 0) is 30.2 Å². The Morgan fingerprint density at radius 1 is 1.20 bits per heavy atom. The van der Waals surface area contributed by atoms with Gasteiger partial charge in [-0.3, -0.25) is 0 Å². The summed E-state index contributed by atoms with van der Waals surface area (Å²) in [6, 6.07) is 12.5. The van der Waals surface area contributed by atoms with Gasteiger partial charge in [0.05, 0.1) is 12.7 Å². The average molecular weight is 273 g/mol. The van der Waals surface area contributed by atoms with Crippen LogP contribution in [-0.4, -0.2) is 24.4 Å². The molecule has 20 heavy (non-hydrogen) atoms. The van der Waals surface area contributed by atoms with Crippen LogP contribution in [0.2, 0.25) is 0 Å². The van der Waals surface area contributed by atoms with Crippen LogP contribution in [0.15, 0.2) is 36.4 Å². The van der Waals surface area contributed by atoms with Crippen molar-refractivity contribution < 1.29 is 9.84 Å². The second kappa shape index (κ2) is 7.27. The van der Waals surface area contributed by atoms with Crippen molar-refractivity contribution in [1.29, 1.82) is 0 Å². The molecule has 0 aliphatic carbocycles. The minimum atomic E-state index is -0.343. The second-order valence-electron chi connectivity index (χ2n) is 5.09. The molecule has 1 unspecified atom stereocenters. The minimum absolute atomic E-state index is 0.343. The predicted octanol–water partition coefficient (Wildman–Crippen LogP) is 3.10. The molecule has 108 valence electrons. The zero-order valence-electron chi connectivity index (χ0n) is 12.2. The lowest BCUT2D eigenvalue weighted by Gasteiger charge is -2.15. The summed E-state index contributed by atoms with van der Waals surface area (Å²) >= 11 is 0. The van der Waals surface area contributed by atoms with E-state index in [1.165, 1.54) is 10.8 Å². The first-order valence-corrected chi connectivity index (χ1v) is 7.24. The normalized spacial score (nSPS) is 12.6. The van der Waals surface area contributed by atoms with Crippen LogP contribution in [0.25, 0.3) is 10.8 Å². The van der Waals surface area contributed by atoms with Gasteiger partial charge in [-0.25, -0.2) is 0 Å². The van der Waals surface area contributed by atoms with E-state index in [4.69, 9.17) is 4.74 Å². The SMILES string of the molecule is CCCOc1ccc2ccccc2c1CNCC(C)O. The monoisotopic (exact) mass is 273 g/mol. The van der Waals surface area contributed by atoms with Crippen molar-refractivity contribution in [1.82, 2.24) is 5.32 Å². The van der Waals surface area contributed by atoms with Crippen molar-refractivity contribution in [3.63, 3.8) is 0 Å². The second-order valence-corrected chi connectivity index (χ2v) is 5.09. The van der Waals surface area contributed by atoms with E-state index < -0.39 is 0 Å². The van der Waals surface area contributed by atoms with Crippen molar-refractivity contribution in [2.24, 2.45) is 0 Å². The van der Waals surface area contributed by atoms with Gasteiger partial charge < -0.3 is 15.2 Å². The van der Waals surface area contributed by atoms with Gasteiger partial charge in [0.15, 0.2) is 0 Å². The highest BCUT2D eigenvalue weighted by Crippen LogP contribution is 2.28. The molecule has 2 rings (SSSR count). The molecule has 0 bridgehead atoms. The molecule has 2 aromatic carbocycles. The Balaban J connectivity index is 2.29. The summed E-state index contributed by atoms with van der Waals surface area (Å²) in [6.45, 7) is 5.89. The van der Waals surface area contributed by atoms with E-state index in [1.54, 1.807) is 6.92 Å². The molecule has 0 radical (unpaired) electrons. The fourth-order valence-corrected chi connectivity index (χ4v) is 2.25. The summed E-state index contributed by atoms with van der Waals surface area (Å²) in [5.74, 6) is 0.934. The molecule has 0 saturated heterocycles. The Morgan fingerprint density at radius 2 is 2.00 bits per heavy atom. The van der Waals surface area contributed by atoms with E-state index in [-0.39, 0.29) is 6.10 Å². The summed E-state index contributed by atoms with van der Waals surface area (Å²) in [4.78, 5) is 0. The Morgan fingerprint density at radius 3 is 2.75 bits per heavy atom. The standard InChI is InChI=1S/C17H23NO2/c1-3-10-20-17-9-8-14-6-4-5-7-15(14)16(17)12-18-11-13(2)19/h4-9,13,18-19H,3,10-12H2,1-2H3. The smallest absolute Gasteiger partial charge is 0.124 e. The molecule has 1 atom stereocenters. The molecule has 0 aliphatic rings. The van der Waals surface area contributed by atoms with Crippen LogP contribution in [0.1, 0.15) is 25.8 Å². The number of benzene rings is 2. The number of aliphatic hydroxyl groups is 1. The van der Waals surface area contributed by atoms with Crippen LogP contribution in [-0.2, 0) is 6.54 Å². The van der Waals surface area contributed by atoms with Gasteiger partial charge in [0, 0.05) is 18.7 Å². The Hall–Kier alpha value is -1.58. The van der Waals surface area contributed by atoms with Gasteiger partial charge in [-0.15, -0.1) is 0 Å². The molecular weight excluding hydrogens is 250 g/mol. The highest BCUT2D eigenvalue weighted by Gasteiger charge is 2.09. The molecule has 2 aromatic rings. The van der Waals surface area contributed by atoms with Gasteiger partial charge in [-0.2, -0.15) is 0 Å². The fourth-order valence-electron chi connectivity index (χ4n) is 2.25. The van der Waals surface area contributed by atoms with Crippen molar-refractivity contribution in [2.45, 2.75) is 32.9 Å². The fraction of sp³-hybridized carbons (Fsp3) is 0.412. The number of hydrogen-bond acceptors (Lipinski definition) is 3. The molecular formula is C17H23NO2. The van der Waals surface area contributed by atoms with E-state index in [2.05, 4.69) is 30.4 Å². The van der Waals surface area contributed by atoms with Crippen molar-refractivity contribution in [2.75, 3.05) is 13.2 Å². The van der Waals surface area contributed by atoms with Crippen LogP contribution in [0.3, 0.4) is 0 Å². The third-order valence-electron chi connectivity index (χ3n) is 3.20. The molecule has 0 spiro atoms. The summed E-state index contributed by atoms with van der Waals surface area (Å²) in [6.07, 6.45) is 0.651. The number of aliphatic hydroxyl groups excluding tert-OH is 1. The zero-order chi connectivity index (χ0) is 14.4. The molecule has 2 N–H and O–H groups in total. The topological polar surface area (TPSA) is 41.5 Å². The lowest BCUT2D eigenvalue weighted by atomic mass is 10.0. The number of ether oxygens (including phenoxy) is 1. The molecule has 0 aliphatic heterocycles. The Bertz CT molecular complexity index is 552. The van der Waals surface area contributed by atoms with Crippen molar-refractivity contribution in [3.8, 4) is 5.75 Å². The summed E-state index contributed by atoms with van der Waals surface area (Å²) in [7, 11) is 0. The first-order chi connectivity index (χ1) is 9.72. The van der Waals surface area contributed by atoms with Crippen molar-refractivity contribution >= 4 is 10.8 Å². The quantitative estimate of drug-likeness (QED) is 0.814. The zero-order valence-corrected chi connectivity index (χ0v) is 12.2. The first kappa shape index (κ1) is 14.8. The first-order valence-electron chi connectivity index (χ1n) is 7.24. The summed E-state index contributed by atoms with van der Waals surface area (Å²) in [5.41, 5.74) is 1.16. The lowest BCUT2D eigenvalue weighted by Crippen LogP contribution is -2.24. The molecule has 0 saturated carbocycles. The molecule has 0 aromatic heterocycles. The maximum absolute atomic E-state index is 9.36. The van der Waals surface area contributed by atoms with Gasteiger partial charge in [0.2, 0.25) is 0 Å². The van der Waals surface area contributed by atoms with Gasteiger partial charge in [0.1, 0.15) is 5.75 Å². The van der Waals surface area contributed by atoms with E-state index in [9.17, 15) is 5.11 Å². The van der Waals surface area contributed by atoms with Crippen LogP contribution >= 0.6 is 0 Å². The van der Waals surface area contributed by atoms with Crippen LogP contribution in [0.4, 0.5) is 0 Å². The third-order valence-corrected chi connectivity index (χ3v) is 3.20. The lowest BCUT2D eigenvalue weighted by molar-refractivity contribution is 0.190. The van der Waals surface area contributed by atoms with Crippen LogP contribution in [0, 0.1) is 0 Å².